The number of H-pyrrole nitrogens is 1. The highest BCUT2D eigenvalue weighted by molar-refractivity contribution is 5.82. The number of urea groups is 1. The monoisotopic (exact) mass is 329 g/mol. The first kappa shape index (κ1) is 16.3. The van der Waals surface area contributed by atoms with Gasteiger partial charge in [0.25, 0.3) is 0 Å². The summed E-state index contributed by atoms with van der Waals surface area (Å²) in [6.45, 7) is 6.18. The van der Waals surface area contributed by atoms with E-state index in [1.165, 1.54) is 0 Å². The van der Waals surface area contributed by atoms with Crippen LogP contribution in [0.1, 0.15) is 19.4 Å². The Balaban J connectivity index is 1.54. The molecule has 0 spiro atoms. The van der Waals surface area contributed by atoms with Crippen LogP contribution in [0.2, 0.25) is 0 Å². The molecule has 0 bridgehead atoms. The van der Waals surface area contributed by atoms with Crippen molar-refractivity contribution < 1.29 is 9.59 Å². The lowest BCUT2D eigenvalue weighted by molar-refractivity contribution is -0.131. The molecule has 2 heterocycles. The lowest BCUT2D eigenvalue weighted by Crippen LogP contribution is -2.54. The molecule has 0 atom stereocenters. The molecule has 24 heavy (non-hydrogen) atoms. The topological polar surface area (TPSA) is 81.3 Å². The highest BCUT2D eigenvalue weighted by Crippen LogP contribution is 2.13. The SMILES string of the molecule is CC(C)NC(=O)N1CCN(C(=O)Cc2ccc3nc[nH]c3c2)CC1. The second-order valence-corrected chi connectivity index (χ2v) is 6.40. The normalized spacial score (nSPS) is 15.1. The van der Waals surface area contributed by atoms with Gasteiger partial charge in [0, 0.05) is 32.2 Å². The maximum absolute atomic E-state index is 12.5. The minimum absolute atomic E-state index is 0.0539. The number of aromatic amines is 1. The molecule has 7 nitrogen and oxygen atoms in total. The van der Waals surface area contributed by atoms with Gasteiger partial charge in [-0.3, -0.25) is 4.79 Å². The number of nitrogens with one attached hydrogen (secondary N) is 2. The number of nitrogens with zero attached hydrogens (tertiary/aromatic N) is 3. The van der Waals surface area contributed by atoms with E-state index in [0.29, 0.717) is 32.6 Å². The summed E-state index contributed by atoms with van der Waals surface area (Å²) in [6, 6.07) is 5.89. The standard InChI is InChI=1S/C17H23N5O2/c1-12(2)20-17(24)22-7-5-21(6-8-22)16(23)10-13-3-4-14-15(9-13)19-11-18-14/h3-4,9,11-12H,5-8,10H2,1-2H3,(H,18,19)(H,20,24). The Morgan fingerprint density at radius 1 is 1.21 bits per heavy atom. The van der Waals surface area contributed by atoms with E-state index in [-0.39, 0.29) is 18.0 Å². The molecular formula is C17H23N5O2. The van der Waals surface area contributed by atoms with Crippen LogP contribution in [-0.4, -0.2) is 63.9 Å². The predicted octanol–water partition coefficient (Wildman–Crippen LogP) is 1.37. The average Bonchev–Trinajstić information content (AvgIpc) is 3.02. The van der Waals surface area contributed by atoms with E-state index in [9.17, 15) is 9.59 Å². The van der Waals surface area contributed by atoms with Crippen molar-refractivity contribution >= 4 is 23.0 Å². The second-order valence-electron chi connectivity index (χ2n) is 6.40. The number of fused-ring (bicyclic) bond motifs is 1. The number of benzene rings is 1. The Morgan fingerprint density at radius 2 is 1.92 bits per heavy atom. The van der Waals surface area contributed by atoms with Crippen LogP contribution in [0.25, 0.3) is 11.0 Å². The van der Waals surface area contributed by atoms with Crippen molar-refractivity contribution in [1.82, 2.24) is 25.1 Å². The zero-order valence-electron chi connectivity index (χ0n) is 14.1. The number of hydrogen-bond acceptors (Lipinski definition) is 3. The summed E-state index contributed by atoms with van der Waals surface area (Å²) >= 11 is 0. The first-order valence-corrected chi connectivity index (χ1v) is 8.28. The lowest BCUT2D eigenvalue weighted by Gasteiger charge is -2.35. The molecule has 1 aliphatic rings. The third-order valence-electron chi connectivity index (χ3n) is 4.17. The molecule has 1 aliphatic heterocycles. The van der Waals surface area contributed by atoms with E-state index in [1.54, 1.807) is 11.2 Å². The summed E-state index contributed by atoms with van der Waals surface area (Å²) in [5, 5.41) is 2.88. The molecule has 0 saturated carbocycles. The van der Waals surface area contributed by atoms with Gasteiger partial charge in [0.1, 0.15) is 0 Å². The Labute approximate surface area is 141 Å². The molecule has 2 N–H and O–H groups in total. The van der Waals surface area contributed by atoms with Gasteiger partial charge in [0.2, 0.25) is 5.91 Å². The summed E-state index contributed by atoms with van der Waals surface area (Å²) < 4.78 is 0. The van der Waals surface area contributed by atoms with Crippen LogP contribution >= 0.6 is 0 Å². The Morgan fingerprint density at radius 3 is 2.62 bits per heavy atom. The van der Waals surface area contributed by atoms with Crippen molar-refractivity contribution in [3.8, 4) is 0 Å². The maximum atomic E-state index is 12.5. The molecule has 1 fully saturated rings. The Bertz CT molecular complexity index is 731. The van der Waals surface area contributed by atoms with Crippen LogP contribution in [0.3, 0.4) is 0 Å². The van der Waals surface area contributed by atoms with Crippen molar-refractivity contribution in [2.75, 3.05) is 26.2 Å². The van der Waals surface area contributed by atoms with Crippen molar-refractivity contribution in [1.29, 1.82) is 0 Å². The summed E-state index contributed by atoms with van der Waals surface area (Å²) in [5.74, 6) is 0.0952. The number of amides is 3. The fraction of sp³-hybridized carbons (Fsp3) is 0.471. The summed E-state index contributed by atoms with van der Waals surface area (Å²) in [7, 11) is 0. The lowest BCUT2D eigenvalue weighted by atomic mass is 10.1. The van der Waals surface area contributed by atoms with Gasteiger partial charge in [-0.05, 0) is 31.5 Å². The van der Waals surface area contributed by atoms with E-state index in [0.717, 1.165) is 16.6 Å². The molecule has 3 amide bonds. The van der Waals surface area contributed by atoms with Crippen LogP contribution in [0.5, 0.6) is 0 Å². The minimum atomic E-state index is -0.0539. The van der Waals surface area contributed by atoms with Crippen molar-refractivity contribution in [3.05, 3.63) is 30.1 Å². The van der Waals surface area contributed by atoms with Gasteiger partial charge < -0.3 is 20.1 Å². The zero-order valence-corrected chi connectivity index (χ0v) is 14.1. The van der Waals surface area contributed by atoms with Crippen molar-refractivity contribution in [2.45, 2.75) is 26.3 Å². The third kappa shape index (κ3) is 3.67. The summed E-state index contributed by atoms with van der Waals surface area (Å²) in [4.78, 5) is 35.3. The van der Waals surface area contributed by atoms with Crippen LogP contribution in [-0.2, 0) is 11.2 Å². The van der Waals surface area contributed by atoms with Gasteiger partial charge in [-0.2, -0.15) is 0 Å². The minimum Gasteiger partial charge on any atom is -0.345 e. The maximum Gasteiger partial charge on any atom is 0.317 e. The highest BCUT2D eigenvalue weighted by Gasteiger charge is 2.24. The summed E-state index contributed by atoms with van der Waals surface area (Å²) in [5.41, 5.74) is 2.81. The third-order valence-corrected chi connectivity index (χ3v) is 4.17. The predicted molar refractivity (Wildman–Crippen MR) is 91.6 cm³/mol. The van der Waals surface area contributed by atoms with Crippen LogP contribution < -0.4 is 5.32 Å². The van der Waals surface area contributed by atoms with E-state index < -0.39 is 0 Å². The zero-order chi connectivity index (χ0) is 17.1. The second kappa shape index (κ2) is 6.90. The van der Waals surface area contributed by atoms with E-state index in [1.807, 2.05) is 36.9 Å². The number of carbonyl (C=O) groups excluding carboxylic acids is 2. The van der Waals surface area contributed by atoms with E-state index in [2.05, 4.69) is 15.3 Å². The molecular weight excluding hydrogens is 306 g/mol. The van der Waals surface area contributed by atoms with Crippen LogP contribution in [0.4, 0.5) is 4.79 Å². The molecule has 0 radical (unpaired) electrons. The first-order chi connectivity index (χ1) is 11.5. The van der Waals surface area contributed by atoms with Crippen LogP contribution in [0, 0.1) is 0 Å². The molecule has 7 heteroatoms. The number of imidazole rings is 1. The first-order valence-electron chi connectivity index (χ1n) is 8.28. The molecule has 0 unspecified atom stereocenters. The van der Waals surface area contributed by atoms with Gasteiger partial charge in [0.05, 0.1) is 23.8 Å². The van der Waals surface area contributed by atoms with Gasteiger partial charge in [0.15, 0.2) is 0 Å². The average molecular weight is 329 g/mol. The quantitative estimate of drug-likeness (QED) is 0.892. The Kier molecular flexibility index (Phi) is 4.69. The van der Waals surface area contributed by atoms with Gasteiger partial charge in [-0.15, -0.1) is 0 Å². The molecule has 0 aliphatic carbocycles. The smallest absolute Gasteiger partial charge is 0.317 e. The van der Waals surface area contributed by atoms with Gasteiger partial charge in [-0.1, -0.05) is 6.07 Å². The molecule has 2 aromatic rings. The fourth-order valence-corrected chi connectivity index (χ4v) is 2.88. The summed E-state index contributed by atoms with van der Waals surface area (Å²) in [6.07, 6.45) is 2.02. The number of hydrogen-bond donors (Lipinski definition) is 2. The van der Waals surface area contributed by atoms with Crippen molar-refractivity contribution in [3.63, 3.8) is 0 Å². The molecule has 1 saturated heterocycles. The molecule has 3 rings (SSSR count). The van der Waals surface area contributed by atoms with Crippen LogP contribution in [0.15, 0.2) is 24.5 Å². The fourth-order valence-electron chi connectivity index (χ4n) is 2.88. The Hall–Kier alpha value is -2.57. The van der Waals surface area contributed by atoms with Gasteiger partial charge in [-0.25, -0.2) is 9.78 Å². The number of aromatic nitrogens is 2. The highest BCUT2D eigenvalue weighted by atomic mass is 16.2. The number of rotatable bonds is 3. The van der Waals surface area contributed by atoms with Gasteiger partial charge >= 0.3 is 6.03 Å². The molecule has 1 aromatic heterocycles. The molecule has 128 valence electrons. The number of carbonyl (C=O) groups is 2. The van der Waals surface area contributed by atoms with E-state index >= 15 is 0 Å². The molecule has 1 aromatic carbocycles. The van der Waals surface area contributed by atoms with E-state index in [4.69, 9.17) is 0 Å². The van der Waals surface area contributed by atoms with Crippen molar-refractivity contribution in [2.24, 2.45) is 0 Å². The number of piperazine rings is 1. The largest absolute Gasteiger partial charge is 0.345 e.